The van der Waals surface area contributed by atoms with Crippen molar-refractivity contribution in [3.8, 4) is 0 Å². The maximum Gasteiger partial charge on any atom is 0.253 e. The van der Waals surface area contributed by atoms with Gasteiger partial charge in [0.1, 0.15) is 5.02 Å². The lowest BCUT2D eigenvalue weighted by Gasteiger charge is -2.29. The number of carbonyl (C=O) groups is 2. The lowest BCUT2D eigenvalue weighted by Crippen LogP contribution is -2.40. The number of halogens is 1. The van der Waals surface area contributed by atoms with Gasteiger partial charge in [-0.1, -0.05) is 23.7 Å². The predicted octanol–water partition coefficient (Wildman–Crippen LogP) is 4.56. The van der Waals surface area contributed by atoms with E-state index in [4.69, 9.17) is 11.6 Å². The lowest BCUT2D eigenvalue weighted by atomic mass is 10.1. The van der Waals surface area contributed by atoms with Crippen molar-refractivity contribution < 1.29 is 14.7 Å². The number of likely N-dealkylation sites (tertiary alicyclic amines) is 1. The van der Waals surface area contributed by atoms with E-state index in [2.05, 4.69) is 25.9 Å². The zero-order valence-corrected chi connectivity index (χ0v) is 20.3. The first kappa shape index (κ1) is 24.0. The number of hydrogen-bond donors (Lipinski definition) is 4. The highest BCUT2D eigenvalue weighted by Gasteiger charge is 2.30. The number of nitrogens with zero attached hydrogens (tertiary/aromatic N) is 3. The van der Waals surface area contributed by atoms with Gasteiger partial charge < -0.3 is 26.0 Å². The van der Waals surface area contributed by atoms with Gasteiger partial charge in [-0.05, 0) is 62.1 Å². The van der Waals surface area contributed by atoms with Gasteiger partial charge >= 0.3 is 0 Å². The van der Waals surface area contributed by atoms with E-state index in [1.807, 2.05) is 24.3 Å². The van der Waals surface area contributed by atoms with Gasteiger partial charge in [0, 0.05) is 30.3 Å². The van der Waals surface area contributed by atoms with Gasteiger partial charge in [-0.25, -0.2) is 4.98 Å². The summed E-state index contributed by atoms with van der Waals surface area (Å²) in [5, 5.41) is 19.3. The number of amides is 2. The first-order valence-electron chi connectivity index (χ1n) is 12.0. The number of anilines is 5. The number of benzene rings is 2. The van der Waals surface area contributed by atoms with Crippen LogP contribution in [0.3, 0.4) is 0 Å². The van der Waals surface area contributed by atoms with Gasteiger partial charge in [-0.3, -0.25) is 9.59 Å². The fourth-order valence-corrected chi connectivity index (χ4v) is 4.14. The maximum atomic E-state index is 12.7. The minimum atomic E-state index is -0.325. The largest absolute Gasteiger partial charge is 0.393 e. The minimum absolute atomic E-state index is 0.0141. The van der Waals surface area contributed by atoms with E-state index in [9.17, 15) is 14.7 Å². The molecule has 186 valence electrons. The number of para-hydroxylation sites is 2. The number of aliphatic hydroxyl groups excluding tert-OH is 1. The van der Waals surface area contributed by atoms with Gasteiger partial charge in [0.25, 0.3) is 5.91 Å². The first-order valence-corrected chi connectivity index (χ1v) is 12.4. The van der Waals surface area contributed by atoms with Crippen LogP contribution >= 0.6 is 11.6 Å². The first-order chi connectivity index (χ1) is 17.5. The summed E-state index contributed by atoms with van der Waals surface area (Å²) in [5.41, 5.74) is 2.63. The Labute approximate surface area is 213 Å². The molecule has 3 aromatic rings. The van der Waals surface area contributed by atoms with Crippen LogP contribution in [0.4, 0.5) is 28.8 Å². The molecular formula is C26H27ClN6O3. The molecule has 0 bridgehead atoms. The second-order valence-electron chi connectivity index (χ2n) is 9.05. The molecule has 5 rings (SSSR count). The van der Waals surface area contributed by atoms with Crippen LogP contribution in [0.2, 0.25) is 5.02 Å². The molecule has 10 heteroatoms. The van der Waals surface area contributed by atoms with Gasteiger partial charge in [-0.2, -0.15) is 4.98 Å². The molecule has 1 aliphatic carbocycles. The Morgan fingerprint density at radius 2 is 1.64 bits per heavy atom. The van der Waals surface area contributed by atoms with Gasteiger partial charge in [0.05, 0.1) is 23.7 Å². The summed E-state index contributed by atoms with van der Waals surface area (Å²) in [4.78, 5) is 35.5. The third-order valence-electron chi connectivity index (χ3n) is 6.27. The molecule has 2 amide bonds. The highest BCUT2D eigenvalue weighted by atomic mass is 35.5. The number of aromatic nitrogens is 2. The highest BCUT2D eigenvalue weighted by Crippen LogP contribution is 2.33. The fraction of sp³-hybridized carbons (Fsp3) is 0.308. The number of hydrogen-bond acceptors (Lipinski definition) is 7. The van der Waals surface area contributed by atoms with E-state index in [-0.39, 0.29) is 23.8 Å². The Kier molecular flexibility index (Phi) is 7.02. The van der Waals surface area contributed by atoms with Crippen LogP contribution in [0.15, 0.2) is 54.7 Å². The van der Waals surface area contributed by atoms with E-state index in [0.29, 0.717) is 65.3 Å². The average molecular weight is 507 g/mol. The fourth-order valence-electron chi connectivity index (χ4n) is 4.00. The van der Waals surface area contributed by atoms with Crippen LogP contribution < -0.4 is 16.0 Å². The molecule has 1 saturated heterocycles. The molecule has 36 heavy (non-hydrogen) atoms. The topological polar surface area (TPSA) is 119 Å². The highest BCUT2D eigenvalue weighted by molar-refractivity contribution is 6.33. The average Bonchev–Trinajstić information content (AvgIpc) is 3.74. The van der Waals surface area contributed by atoms with Crippen molar-refractivity contribution in [1.82, 2.24) is 14.9 Å². The Balaban J connectivity index is 1.26. The molecule has 2 heterocycles. The molecule has 9 nitrogen and oxygen atoms in total. The molecule has 1 saturated carbocycles. The monoisotopic (exact) mass is 506 g/mol. The molecule has 0 unspecified atom stereocenters. The smallest absolute Gasteiger partial charge is 0.253 e. The predicted molar refractivity (Wildman–Crippen MR) is 139 cm³/mol. The van der Waals surface area contributed by atoms with Crippen molar-refractivity contribution in [3.05, 3.63) is 65.3 Å². The van der Waals surface area contributed by atoms with Crippen LogP contribution in [-0.2, 0) is 4.79 Å². The molecule has 0 atom stereocenters. The Bertz CT molecular complexity index is 1260. The Hall–Kier alpha value is -3.69. The van der Waals surface area contributed by atoms with Crippen molar-refractivity contribution in [1.29, 1.82) is 0 Å². The molecular weight excluding hydrogens is 480 g/mol. The van der Waals surface area contributed by atoms with Gasteiger partial charge in [-0.15, -0.1) is 0 Å². The number of nitrogens with one attached hydrogen (secondary N) is 3. The van der Waals surface area contributed by atoms with Crippen molar-refractivity contribution in [2.45, 2.75) is 31.8 Å². The Morgan fingerprint density at radius 1 is 0.944 bits per heavy atom. The minimum Gasteiger partial charge on any atom is -0.393 e. The van der Waals surface area contributed by atoms with E-state index in [1.165, 1.54) is 6.20 Å². The molecule has 1 aromatic heterocycles. The zero-order chi connectivity index (χ0) is 25.1. The second-order valence-corrected chi connectivity index (χ2v) is 9.46. The summed E-state index contributed by atoms with van der Waals surface area (Å²) in [5.74, 6) is 0.771. The van der Waals surface area contributed by atoms with Crippen molar-refractivity contribution in [2.75, 3.05) is 29.0 Å². The zero-order valence-electron chi connectivity index (χ0n) is 19.6. The van der Waals surface area contributed by atoms with E-state index in [1.54, 1.807) is 29.2 Å². The summed E-state index contributed by atoms with van der Waals surface area (Å²) in [7, 11) is 0. The van der Waals surface area contributed by atoms with Crippen molar-refractivity contribution >= 4 is 52.2 Å². The van der Waals surface area contributed by atoms with Crippen molar-refractivity contribution in [3.63, 3.8) is 0 Å². The third kappa shape index (κ3) is 5.75. The lowest BCUT2D eigenvalue weighted by molar-refractivity contribution is -0.117. The number of carbonyl (C=O) groups excluding carboxylic acids is 2. The molecule has 2 fully saturated rings. The number of piperidine rings is 1. The Morgan fingerprint density at radius 3 is 2.33 bits per heavy atom. The van der Waals surface area contributed by atoms with Crippen molar-refractivity contribution in [2.24, 2.45) is 5.92 Å². The number of rotatable bonds is 7. The van der Waals surface area contributed by atoms with Crippen LogP contribution in [-0.4, -0.2) is 51.0 Å². The van der Waals surface area contributed by atoms with Gasteiger partial charge in [0.15, 0.2) is 5.82 Å². The molecule has 4 N–H and O–H groups in total. The van der Waals surface area contributed by atoms with Crippen LogP contribution in [0.1, 0.15) is 36.0 Å². The molecule has 2 aromatic carbocycles. The summed E-state index contributed by atoms with van der Waals surface area (Å²) in [6, 6.07) is 14.5. The maximum absolute atomic E-state index is 12.7. The van der Waals surface area contributed by atoms with Crippen LogP contribution in [0, 0.1) is 5.92 Å². The normalized spacial score (nSPS) is 15.9. The molecule has 0 spiro atoms. The quantitative estimate of drug-likeness (QED) is 0.370. The number of aliphatic hydroxyl groups is 1. The van der Waals surface area contributed by atoms with Gasteiger partial charge in [0.2, 0.25) is 11.9 Å². The van der Waals surface area contributed by atoms with Crippen LogP contribution in [0.5, 0.6) is 0 Å². The molecule has 0 radical (unpaired) electrons. The second kappa shape index (κ2) is 10.5. The SMILES string of the molecule is O=C(Nc1ccccc1Nc1nc(Nc2ccc(C(=O)N3CCC(O)CC3)cc2)ncc1Cl)C1CC1. The molecule has 1 aliphatic heterocycles. The summed E-state index contributed by atoms with van der Waals surface area (Å²) >= 11 is 6.35. The summed E-state index contributed by atoms with van der Waals surface area (Å²) < 4.78 is 0. The molecule has 2 aliphatic rings. The summed E-state index contributed by atoms with van der Waals surface area (Å²) in [6.45, 7) is 1.11. The third-order valence-corrected chi connectivity index (χ3v) is 6.55. The summed E-state index contributed by atoms with van der Waals surface area (Å²) in [6.07, 6.45) is 4.22. The van der Waals surface area contributed by atoms with E-state index >= 15 is 0 Å². The van der Waals surface area contributed by atoms with Crippen LogP contribution in [0.25, 0.3) is 0 Å². The van der Waals surface area contributed by atoms with E-state index in [0.717, 1.165) is 12.8 Å². The van der Waals surface area contributed by atoms with E-state index < -0.39 is 0 Å². The standard InChI is InChI=1S/C26H27ClN6O3/c27-20-15-28-26(29-18-9-7-17(8-10-18)25(36)33-13-11-19(34)12-14-33)32-23(20)30-21-3-1-2-4-22(21)31-24(35)16-5-6-16/h1-4,7-10,15-16,19,34H,5-6,11-14H2,(H,31,35)(H2,28,29,30,32).